The van der Waals surface area contributed by atoms with Crippen molar-refractivity contribution in [2.24, 2.45) is 17.6 Å². The number of primary amides is 1. The van der Waals surface area contributed by atoms with Gasteiger partial charge in [-0.3, -0.25) is 9.59 Å². The molecule has 7 heteroatoms. The molecule has 1 saturated heterocycles. The van der Waals surface area contributed by atoms with Gasteiger partial charge in [0.2, 0.25) is 5.91 Å². The van der Waals surface area contributed by atoms with Crippen LogP contribution in [0.5, 0.6) is 0 Å². The van der Waals surface area contributed by atoms with Crippen LogP contribution >= 0.6 is 0 Å². The molecule has 0 spiro atoms. The highest BCUT2D eigenvalue weighted by atomic mass is 16.4. The average Bonchev–Trinajstić information content (AvgIpc) is 3.04. The summed E-state index contributed by atoms with van der Waals surface area (Å²) in [5, 5.41) is 11.8. The number of likely N-dealkylation sites (tertiary alicyclic amines) is 1. The lowest BCUT2D eigenvalue weighted by atomic mass is 9.96. The predicted octanol–water partition coefficient (Wildman–Crippen LogP) is 0.147. The maximum absolute atomic E-state index is 12.1. The van der Waals surface area contributed by atoms with Crippen LogP contribution in [0.2, 0.25) is 0 Å². The van der Waals surface area contributed by atoms with Crippen LogP contribution in [0.4, 0.5) is 4.79 Å². The summed E-state index contributed by atoms with van der Waals surface area (Å²) in [6, 6.07) is -0.851. The van der Waals surface area contributed by atoms with Crippen LogP contribution in [-0.4, -0.2) is 47.0 Å². The monoisotopic (exact) mass is 283 g/mol. The Morgan fingerprint density at radius 1 is 1.20 bits per heavy atom. The van der Waals surface area contributed by atoms with Gasteiger partial charge in [0, 0.05) is 13.1 Å². The number of nitrogens with zero attached hydrogens (tertiary/aromatic N) is 1. The number of rotatable bonds is 4. The number of aliphatic carboxylic acids is 1. The van der Waals surface area contributed by atoms with E-state index in [1.165, 1.54) is 4.90 Å². The van der Waals surface area contributed by atoms with Crippen LogP contribution in [0.3, 0.4) is 0 Å². The Balaban J connectivity index is 1.86. The molecule has 1 heterocycles. The highest BCUT2D eigenvalue weighted by Crippen LogP contribution is 2.31. The molecule has 0 aromatic rings. The van der Waals surface area contributed by atoms with Gasteiger partial charge in [-0.2, -0.15) is 0 Å². The van der Waals surface area contributed by atoms with Gasteiger partial charge in [-0.15, -0.1) is 0 Å². The molecule has 1 saturated carbocycles. The van der Waals surface area contributed by atoms with Crippen molar-refractivity contribution in [3.63, 3.8) is 0 Å². The molecule has 3 unspecified atom stereocenters. The molecule has 1 aliphatic carbocycles. The van der Waals surface area contributed by atoms with Crippen molar-refractivity contribution < 1.29 is 19.5 Å². The van der Waals surface area contributed by atoms with Crippen molar-refractivity contribution in [2.75, 3.05) is 13.1 Å². The third-order valence-corrected chi connectivity index (χ3v) is 4.33. The van der Waals surface area contributed by atoms with Gasteiger partial charge >= 0.3 is 12.0 Å². The minimum absolute atomic E-state index is 0.0221. The zero-order valence-electron chi connectivity index (χ0n) is 11.4. The second-order valence-electron chi connectivity index (χ2n) is 5.58. The number of amides is 3. The van der Waals surface area contributed by atoms with Gasteiger partial charge in [-0.1, -0.05) is 6.42 Å². The lowest BCUT2D eigenvalue weighted by Gasteiger charge is -2.24. The molecule has 7 nitrogen and oxygen atoms in total. The van der Waals surface area contributed by atoms with Crippen LogP contribution in [0.25, 0.3) is 0 Å². The van der Waals surface area contributed by atoms with Crippen molar-refractivity contribution in [1.29, 1.82) is 0 Å². The minimum Gasteiger partial charge on any atom is -0.481 e. The van der Waals surface area contributed by atoms with E-state index in [9.17, 15) is 14.4 Å². The molecule has 112 valence electrons. The normalized spacial score (nSPS) is 29.4. The molecule has 2 aliphatic rings. The fraction of sp³-hybridized carbons (Fsp3) is 0.769. The highest BCUT2D eigenvalue weighted by molar-refractivity contribution is 5.86. The first-order valence-corrected chi connectivity index (χ1v) is 7.07. The van der Waals surface area contributed by atoms with Crippen LogP contribution in [0.1, 0.15) is 32.1 Å². The largest absolute Gasteiger partial charge is 0.481 e. The summed E-state index contributed by atoms with van der Waals surface area (Å²) in [6.45, 7) is 0.865. The van der Waals surface area contributed by atoms with E-state index in [0.29, 0.717) is 25.9 Å². The van der Waals surface area contributed by atoms with Crippen LogP contribution < -0.4 is 11.1 Å². The van der Waals surface area contributed by atoms with Gasteiger partial charge < -0.3 is 21.1 Å². The molecular formula is C13H21N3O4. The molecule has 2 fully saturated rings. The molecule has 3 amide bonds. The molecular weight excluding hydrogens is 262 g/mol. The smallest absolute Gasteiger partial charge is 0.318 e. The Kier molecular flexibility index (Phi) is 4.46. The van der Waals surface area contributed by atoms with Crippen molar-refractivity contribution in [3.8, 4) is 0 Å². The van der Waals surface area contributed by atoms with Gasteiger partial charge in [0.1, 0.15) is 6.04 Å². The Bertz CT molecular complexity index is 412. The maximum atomic E-state index is 12.1. The minimum atomic E-state index is -0.794. The van der Waals surface area contributed by atoms with E-state index >= 15 is 0 Å². The number of carboxylic acids is 1. The second kappa shape index (κ2) is 6.11. The molecule has 3 atom stereocenters. The SMILES string of the molecule is NC(=O)C1CCCN1C(=O)NCC1CCCC1C(=O)O. The summed E-state index contributed by atoms with van der Waals surface area (Å²) < 4.78 is 0. The average molecular weight is 283 g/mol. The number of carbonyl (C=O) groups excluding carboxylic acids is 2. The first-order chi connectivity index (χ1) is 9.50. The Labute approximate surface area is 117 Å². The summed E-state index contributed by atoms with van der Waals surface area (Å²) in [5.74, 6) is -1.67. The highest BCUT2D eigenvalue weighted by Gasteiger charge is 2.35. The second-order valence-corrected chi connectivity index (χ2v) is 5.58. The number of carboxylic acid groups (broad SMARTS) is 1. The van der Waals surface area contributed by atoms with Crippen molar-refractivity contribution in [1.82, 2.24) is 10.2 Å². The lowest BCUT2D eigenvalue weighted by Crippen LogP contribution is -2.49. The number of urea groups is 1. The van der Waals surface area contributed by atoms with Crippen LogP contribution in [-0.2, 0) is 9.59 Å². The summed E-state index contributed by atoms with van der Waals surface area (Å²) in [4.78, 5) is 35.8. The standard InChI is InChI=1S/C13H21N3O4/c14-11(17)10-5-2-6-16(10)13(20)15-7-8-3-1-4-9(8)12(18)19/h8-10H,1-7H2,(H2,14,17)(H,15,20)(H,18,19). The fourth-order valence-corrected chi connectivity index (χ4v) is 3.23. The molecule has 0 aromatic heterocycles. The van der Waals surface area contributed by atoms with E-state index in [4.69, 9.17) is 10.8 Å². The lowest BCUT2D eigenvalue weighted by molar-refractivity contribution is -0.142. The molecule has 2 rings (SSSR count). The molecule has 0 bridgehead atoms. The first kappa shape index (κ1) is 14.6. The van der Waals surface area contributed by atoms with Gasteiger partial charge in [-0.25, -0.2) is 4.79 Å². The van der Waals surface area contributed by atoms with E-state index in [2.05, 4.69) is 5.32 Å². The van der Waals surface area contributed by atoms with E-state index in [-0.39, 0.29) is 17.9 Å². The molecule has 20 heavy (non-hydrogen) atoms. The maximum Gasteiger partial charge on any atom is 0.318 e. The summed E-state index contributed by atoms with van der Waals surface area (Å²) in [5.41, 5.74) is 5.27. The van der Waals surface area contributed by atoms with E-state index in [1.807, 2.05) is 0 Å². The van der Waals surface area contributed by atoms with Crippen LogP contribution in [0, 0.1) is 11.8 Å². The third-order valence-electron chi connectivity index (χ3n) is 4.33. The Hall–Kier alpha value is -1.79. The zero-order valence-corrected chi connectivity index (χ0v) is 11.4. The van der Waals surface area contributed by atoms with E-state index in [0.717, 1.165) is 19.3 Å². The fourth-order valence-electron chi connectivity index (χ4n) is 3.23. The molecule has 0 radical (unpaired) electrons. The molecule has 4 N–H and O–H groups in total. The Morgan fingerprint density at radius 2 is 1.95 bits per heavy atom. The number of carbonyl (C=O) groups is 3. The van der Waals surface area contributed by atoms with Crippen LogP contribution in [0.15, 0.2) is 0 Å². The number of nitrogens with two attached hydrogens (primary N) is 1. The van der Waals surface area contributed by atoms with Crippen molar-refractivity contribution in [2.45, 2.75) is 38.1 Å². The van der Waals surface area contributed by atoms with Crippen molar-refractivity contribution in [3.05, 3.63) is 0 Å². The molecule has 0 aromatic carbocycles. The quantitative estimate of drug-likeness (QED) is 0.681. The zero-order chi connectivity index (χ0) is 14.7. The number of nitrogens with one attached hydrogen (secondary N) is 1. The van der Waals surface area contributed by atoms with Gasteiger partial charge in [0.15, 0.2) is 0 Å². The van der Waals surface area contributed by atoms with E-state index in [1.54, 1.807) is 0 Å². The summed E-state index contributed by atoms with van der Waals surface area (Å²) in [6.07, 6.45) is 3.73. The summed E-state index contributed by atoms with van der Waals surface area (Å²) in [7, 11) is 0. The number of hydrogen-bond acceptors (Lipinski definition) is 3. The molecule has 1 aliphatic heterocycles. The topological polar surface area (TPSA) is 113 Å². The van der Waals surface area contributed by atoms with Gasteiger partial charge in [-0.05, 0) is 31.6 Å². The van der Waals surface area contributed by atoms with Gasteiger partial charge in [0.25, 0.3) is 0 Å². The number of hydrogen-bond donors (Lipinski definition) is 3. The van der Waals surface area contributed by atoms with Crippen molar-refractivity contribution >= 4 is 17.9 Å². The van der Waals surface area contributed by atoms with E-state index < -0.39 is 17.9 Å². The first-order valence-electron chi connectivity index (χ1n) is 7.07. The third kappa shape index (κ3) is 3.02. The summed E-state index contributed by atoms with van der Waals surface area (Å²) >= 11 is 0. The van der Waals surface area contributed by atoms with Gasteiger partial charge in [0.05, 0.1) is 5.92 Å². The predicted molar refractivity (Wildman–Crippen MR) is 70.8 cm³/mol. The Morgan fingerprint density at radius 3 is 2.60 bits per heavy atom.